The predicted octanol–water partition coefficient (Wildman–Crippen LogP) is 1.80. The van der Waals surface area contributed by atoms with Crippen LogP contribution in [0.3, 0.4) is 0 Å². The van der Waals surface area contributed by atoms with E-state index in [1.165, 1.54) is 23.0 Å². The molecular weight excluding hydrogens is 301 g/mol. The maximum Gasteiger partial charge on any atom is 0.418 e. The molecule has 0 radical (unpaired) electrons. The van der Waals surface area contributed by atoms with Crippen LogP contribution in [0.5, 0.6) is 0 Å². The van der Waals surface area contributed by atoms with Crippen molar-refractivity contribution < 1.29 is 28.5 Å². The number of nitrogens with zero attached hydrogens (tertiary/aromatic N) is 2. The molecule has 0 aliphatic rings. The average Bonchev–Trinajstić information content (AvgIpc) is 2.90. The van der Waals surface area contributed by atoms with Gasteiger partial charge in [0.2, 0.25) is 0 Å². The fraction of sp³-hybridized carbons (Fsp3) is 0.357. The minimum absolute atomic E-state index is 0.0112. The van der Waals surface area contributed by atoms with Crippen molar-refractivity contribution in [1.82, 2.24) is 9.78 Å². The summed E-state index contributed by atoms with van der Waals surface area (Å²) in [4.78, 5) is 0. The number of rotatable bonds is 4. The Morgan fingerprint density at radius 2 is 1.91 bits per heavy atom. The van der Waals surface area contributed by atoms with E-state index < -0.39 is 25.0 Å². The van der Waals surface area contributed by atoms with Gasteiger partial charge in [0.1, 0.15) is 6.10 Å². The molecule has 0 amide bonds. The lowest BCUT2D eigenvalue weighted by Crippen LogP contribution is -2.22. The molecule has 0 aliphatic carbocycles. The Balaban J connectivity index is 2.58. The van der Waals surface area contributed by atoms with Gasteiger partial charge in [0.05, 0.1) is 18.0 Å². The zero-order valence-corrected chi connectivity index (χ0v) is 11.6. The number of aryl methyl sites for hydroxylation is 1. The number of aromatic nitrogens is 2. The third-order valence-electron chi connectivity index (χ3n) is 3.19. The van der Waals surface area contributed by atoms with Gasteiger partial charge in [-0.1, -0.05) is 12.1 Å². The Morgan fingerprint density at radius 3 is 2.41 bits per heavy atom. The first-order valence-corrected chi connectivity index (χ1v) is 6.44. The van der Waals surface area contributed by atoms with Gasteiger partial charge in [-0.2, -0.15) is 18.3 Å². The minimum Gasteiger partial charge on any atom is -0.393 e. The van der Waals surface area contributed by atoms with Crippen LogP contribution in [0.2, 0.25) is 0 Å². The normalized spacial score (nSPS) is 14.9. The molecule has 1 unspecified atom stereocenters. The Morgan fingerprint density at radius 1 is 1.23 bits per heavy atom. The van der Waals surface area contributed by atoms with Gasteiger partial charge in [-0.3, -0.25) is 0 Å². The number of aliphatic hydroxyl groups excluding tert-OH is 3. The highest BCUT2D eigenvalue weighted by Crippen LogP contribution is 2.36. The van der Waals surface area contributed by atoms with Gasteiger partial charge in [-0.25, -0.2) is 4.68 Å². The molecule has 120 valence electrons. The second kappa shape index (κ2) is 6.07. The Labute approximate surface area is 124 Å². The summed E-state index contributed by atoms with van der Waals surface area (Å²) in [5.41, 5.74) is 0.414. The highest BCUT2D eigenvalue weighted by Gasteiger charge is 2.41. The van der Waals surface area contributed by atoms with Gasteiger partial charge < -0.3 is 15.3 Å². The highest BCUT2D eigenvalue weighted by molar-refractivity contribution is 5.46. The number of alkyl halides is 3. The summed E-state index contributed by atoms with van der Waals surface area (Å²) >= 11 is 0. The van der Waals surface area contributed by atoms with E-state index in [9.17, 15) is 23.4 Å². The highest BCUT2D eigenvalue weighted by atomic mass is 19.4. The molecule has 2 aromatic rings. The Hall–Kier alpha value is -1.90. The van der Waals surface area contributed by atoms with E-state index >= 15 is 0 Å². The fourth-order valence-corrected chi connectivity index (χ4v) is 2.03. The molecule has 0 saturated heterocycles. The van der Waals surface area contributed by atoms with Gasteiger partial charge in [0.25, 0.3) is 0 Å². The van der Waals surface area contributed by atoms with Crippen LogP contribution in [0.15, 0.2) is 30.5 Å². The summed E-state index contributed by atoms with van der Waals surface area (Å²) in [5.74, 6) is 0. The Bertz CT molecular complexity index is 655. The first-order chi connectivity index (χ1) is 10.2. The number of halogens is 3. The van der Waals surface area contributed by atoms with Crippen LogP contribution >= 0.6 is 0 Å². The first kappa shape index (κ1) is 16.5. The molecule has 0 aliphatic heterocycles. The van der Waals surface area contributed by atoms with Gasteiger partial charge in [-0.15, -0.1) is 0 Å². The summed E-state index contributed by atoms with van der Waals surface area (Å²) in [6.07, 6.45) is -7.28. The molecule has 3 N–H and O–H groups in total. The third kappa shape index (κ3) is 3.29. The molecule has 1 aromatic heterocycles. The zero-order chi connectivity index (χ0) is 16.5. The van der Waals surface area contributed by atoms with Crippen molar-refractivity contribution in [3.63, 3.8) is 0 Å². The van der Waals surface area contributed by atoms with Gasteiger partial charge in [-0.05, 0) is 24.6 Å². The first-order valence-electron chi connectivity index (χ1n) is 6.44. The van der Waals surface area contributed by atoms with Crippen molar-refractivity contribution in [1.29, 1.82) is 0 Å². The van der Waals surface area contributed by atoms with Gasteiger partial charge in [0, 0.05) is 11.8 Å². The molecule has 0 saturated carbocycles. The second-order valence-corrected chi connectivity index (χ2v) is 4.86. The van der Waals surface area contributed by atoms with E-state index in [-0.39, 0.29) is 16.8 Å². The molecule has 0 spiro atoms. The van der Waals surface area contributed by atoms with Crippen molar-refractivity contribution in [3.8, 4) is 5.69 Å². The molecule has 1 aromatic carbocycles. The minimum atomic E-state index is -4.83. The van der Waals surface area contributed by atoms with Gasteiger partial charge >= 0.3 is 6.18 Å². The predicted molar refractivity (Wildman–Crippen MR) is 71.4 cm³/mol. The van der Waals surface area contributed by atoms with Crippen LogP contribution in [0.1, 0.15) is 29.0 Å². The molecule has 1 heterocycles. The smallest absolute Gasteiger partial charge is 0.393 e. The molecule has 8 heteroatoms. The van der Waals surface area contributed by atoms with E-state index in [2.05, 4.69) is 5.10 Å². The van der Waals surface area contributed by atoms with Crippen molar-refractivity contribution in [2.45, 2.75) is 25.3 Å². The van der Waals surface area contributed by atoms with Crippen LogP contribution in [0.25, 0.3) is 5.69 Å². The van der Waals surface area contributed by atoms with Crippen LogP contribution in [-0.2, 0) is 0 Å². The molecule has 22 heavy (non-hydrogen) atoms. The van der Waals surface area contributed by atoms with E-state index in [1.807, 2.05) is 0 Å². The summed E-state index contributed by atoms with van der Waals surface area (Å²) in [6.45, 7) is 1.10. The van der Waals surface area contributed by atoms with Crippen LogP contribution in [-0.4, -0.2) is 37.9 Å². The van der Waals surface area contributed by atoms with Crippen molar-refractivity contribution in [2.24, 2.45) is 0 Å². The molecular formula is C14H15F3N2O3. The molecule has 2 rings (SSSR count). The zero-order valence-electron chi connectivity index (χ0n) is 11.6. The third-order valence-corrected chi connectivity index (χ3v) is 3.19. The summed E-state index contributed by atoms with van der Waals surface area (Å²) in [5, 5.41) is 32.1. The average molecular weight is 316 g/mol. The standard InChI is InChI=1S/C14H15F3N2O3/c1-8-4-5-19(18-8)11-6-9(12(21)7-20)2-3-10(11)13(22)14(15,16)17/h2-6,12-13,20-22H,7H2,1H3/t12?,13-/m1/s1. The largest absolute Gasteiger partial charge is 0.418 e. The summed E-state index contributed by atoms with van der Waals surface area (Å²) in [6, 6.07) is 5.15. The van der Waals surface area contributed by atoms with Crippen LogP contribution in [0.4, 0.5) is 13.2 Å². The van der Waals surface area contributed by atoms with E-state index in [0.29, 0.717) is 5.69 Å². The van der Waals surface area contributed by atoms with E-state index in [0.717, 1.165) is 6.07 Å². The number of aliphatic hydroxyl groups is 3. The lowest BCUT2D eigenvalue weighted by atomic mass is 10.0. The number of hydrogen-bond acceptors (Lipinski definition) is 4. The van der Waals surface area contributed by atoms with Crippen molar-refractivity contribution in [3.05, 3.63) is 47.3 Å². The monoisotopic (exact) mass is 316 g/mol. The van der Waals surface area contributed by atoms with Crippen LogP contribution in [0, 0.1) is 6.92 Å². The van der Waals surface area contributed by atoms with Crippen molar-refractivity contribution in [2.75, 3.05) is 6.61 Å². The SMILES string of the molecule is Cc1ccn(-c2cc(C(O)CO)ccc2[C@@H](O)C(F)(F)F)n1. The lowest BCUT2D eigenvalue weighted by Gasteiger charge is -2.20. The van der Waals surface area contributed by atoms with E-state index in [1.54, 1.807) is 13.0 Å². The van der Waals surface area contributed by atoms with E-state index in [4.69, 9.17) is 5.11 Å². The number of benzene rings is 1. The molecule has 2 atom stereocenters. The molecule has 5 nitrogen and oxygen atoms in total. The quantitative estimate of drug-likeness (QED) is 0.804. The lowest BCUT2D eigenvalue weighted by molar-refractivity contribution is -0.206. The maximum atomic E-state index is 12.8. The van der Waals surface area contributed by atoms with Crippen LogP contribution < -0.4 is 0 Å². The second-order valence-electron chi connectivity index (χ2n) is 4.86. The van der Waals surface area contributed by atoms with Crippen molar-refractivity contribution >= 4 is 0 Å². The molecule has 0 bridgehead atoms. The van der Waals surface area contributed by atoms with Gasteiger partial charge in [0.15, 0.2) is 6.10 Å². The number of hydrogen-bond donors (Lipinski definition) is 3. The summed E-state index contributed by atoms with van der Waals surface area (Å²) in [7, 11) is 0. The topological polar surface area (TPSA) is 78.5 Å². The summed E-state index contributed by atoms with van der Waals surface area (Å²) < 4.78 is 39.6. The molecule has 0 fully saturated rings. The maximum absolute atomic E-state index is 12.8. The fourth-order valence-electron chi connectivity index (χ4n) is 2.03. The Kier molecular flexibility index (Phi) is 4.55.